The molecule has 5 nitrogen and oxygen atoms in total. The van der Waals surface area contributed by atoms with Gasteiger partial charge >= 0.3 is 5.97 Å². The van der Waals surface area contributed by atoms with Crippen LogP contribution < -0.4 is 5.32 Å². The van der Waals surface area contributed by atoms with E-state index in [4.69, 9.17) is 5.11 Å². The maximum absolute atomic E-state index is 10.9. The van der Waals surface area contributed by atoms with Crippen molar-refractivity contribution in [3.63, 3.8) is 0 Å². The molecular weight excluding hydrogens is 194 g/mol. The molecule has 5 heteroatoms. The third kappa shape index (κ3) is 2.79. The number of nitrogens with one attached hydrogen (secondary N) is 1. The van der Waals surface area contributed by atoms with Gasteiger partial charge in [0.1, 0.15) is 6.04 Å². The molecule has 84 valence electrons. The van der Waals surface area contributed by atoms with Crippen molar-refractivity contribution in [1.29, 1.82) is 0 Å². The van der Waals surface area contributed by atoms with E-state index in [0.717, 1.165) is 11.4 Å². The van der Waals surface area contributed by atoms with E-state index >= 15 is 0 Å². The smallest absolute Gasteiger partial charge is 0.322 e. The van der Waals surface area contributed by atoms with E-state index in [-0.39, 0.29) is 0 Å². The molecule has 1 rings (SSSR count). The molecule has 0 saturated heterocycles. The number of carboxylic acids is 1. The standard InChI is InChI=1S/C10H17N3O2/c1-4-11-9(10(14)15)5-13-6-12-7(2)8(13)3/h6,9,11H,4-5H2,1-3H3,(H,14,15). The Balaban J connectivity index is 2.74. The van der Waals surface area contributed by atoms with Crippen LogP contribution in [0.4, 0.5) is 0 Å². The van der Waals surface area contributed by atoms with Gasteiger partial charge in [0.2, 0.25) is 0 Å². The first kappa shape index (κ1) is 11.7. The quantitative estimate of drug-likeness (QED) is 0.747. The zero-order valence-corrected chi connectivity index (χ0v) is 9.32. The van der Waals surface area contributed by atoms with Crippen molar-refractivity contribution < 1.29 is 9.90 Å². The molecule has 0 aliphatic heterocycles. The number of rotatable bonds is 5. The normalized spacial score (nSPS) is 12.7. The van der Waals surface area contributed by atoms with Gasteiger partial charge in [-0.25, -0.2) is 4.98 Å². The van der Waals surface area contributed by atoms with E-state index in [2.05, 4.69) is 10.3 Å². The Morgan fingerprint density at radius 3 is 2.73 bits per heavy atom. The molecule has 0 aliphatic rings. The van der Waals surface area contributed by atoms with Crippen LogP contribution in [0.3, 0.4) is 0 Å². The number of hydrogen-bond acceptors (Lipinski definition) is 3. The maximum Gasteiger partial charge on any atom is 0.322 e. The molecule has 1 atom stereocenters. The maximum atomic E-state index is 10.9. The zero-order valence-electron chi connectivity index (χ0n) is 9.32. The highest BCUT2D eigenvalue weighted by molar-refractivity contribution is 5.73. The summed E-state index contributed by atoms with van der Waals surface area (Å²) >= 11 is 0. The number of carboxylic acid groups (broad SMARTS) is 1. The van der Waals surface area contributed by atoms with Gasteiger partial charge in [-0.3, -0.25) is 4.79 Å². The fraction of sp³-hybridized carbons (Fsp3) is 0.600. The molecule has 1 aromatic heterocycles. The molecule has 0 fully saturated rings. The highest BCUT2D eigenvalue weighted by atomic mass is 16.4. The molecule has 1 aromatic rings. The van der Waals surface area contributed by atoms with Crippen LogP contribution >= 0.6 is 0 Å². The lowest BCUT2D eigenvalue weighted by Crippen LogP contribution is -2.40. The second kappa shape index (κ2) is 4.93. The van der Waals surface area contributed by atoms with Crippen molar-refractivity contribution in [2.75, 3.05) is 6.54 Å². The average molecular weight is 211 g/mol. The van der Waals surface area contributed by atoms with Crippen molar-refractivity contribution >= 4 is 5.97 Å². The first-order valence-electron chi connectivity index (χ1n) is 5.00. The van der Waals surface area contributed by atoms with E-state index in [0.29, 0.717) is 13.1 Å². The van der Waals surface area contributed by atoms with Gasteiger partial charge in [0.25, 0.3) is 0 Å². The summed E-state index contributed by atoms with van der Waals surface area (Å²) in [5.74, 6) is -0.831. The van der Waals surface area contributed by atoms with E-state index in [9.17, 15) is 4.79 Å². The molecule has 1 heterocycles. The summed E-state index contributed by atoms with van der Waals surface area (Å²) in [5.41, 5.74) is 1.95. The third-order valence-electron chi connectivity index (χ3n) is 2.47. The molecule has 0 aliphatic carbocycles. The number of aromatic nitrogens is 2. The van der Waals surface area contributed by atoms with Crippen LogP contribution in [-0.2, 0) is 11.3 Å². The zero-order chi connectivity index (χ0) is 11.4. The number of carbonyl (C=O) groups is 1. The lowest BCUT2D eigenvalue weighted by Gasteiger charge is -2.14. The minimum absolute atomic E-state index is 0.413. The monoisotopic (exact) mass is 211 g/mol. The van der Waals surface area contributed by atoms with Gasteiger partial charge in [0, 0.05) is 12.2 Å². The van der Waals surface area contributed by atoms with Gasteiger partial charge < -0.3 is 15.0 Å². The Kier molecular flexibility index (Phi) is 3.85. The summed E-state index contributed by atoms with van der Waals surface area (Å²) in [6.45, 7) is 6.80. The van der Waals surface area contributed by atoms with Crippen LogP contribution in [0.25, 0.3) is 0 Å². The molecule has 15 heavy (non-hydrogen) atoms. The molecule has 0 bridgehead atoms. The average Bonchev–Trinajstić information content (AvgIpc) is 2.48. The van der Waals surface area contributed by atoms with Crippen molar-refractivity contribution in [1.82, 2.24) is 14.9 Å². The molecular formula is C10H17N3O2. The van der Waals surface area contributed by atoms with Crippen LogP contribution in [0.5, 0.6) is 0 Å². The topological polar surface area (TPSA) is 67.2 Å². The third-order valence-corrected chi connectivity index (χ3v) is 2.47. The van der Waals surface area contributed by atoms with Gasteiger partial charge in [-0.1, -0.05) is 6.92 Å². The summed E-state index contributed by atoms with van der Waals surface area (Å²) < 4.78 is 1.86. The van der Waals surface area contributed by atoms with E-state index in [1.165, 1.54) is 0 Å². The Morgan fingerprint density at radius 1 is 1.67 bits per heavy atom. The Hall–Kier alpha value is -1.36. The summed E-state index contributed by atoms with van der Waals surface area (Å²) in [5, 5.41) is 11.9. The largest absolute Gasteiger partial charge is 0.480 e. The first-order chi connectivity index (χ1) is 7.06. The molecule has 0 aromatic carbocycles. The van der Waals surface area contributed by atoms with Crippen LogP contribution in [0.1, 0.15) is 18.3 Å². The van der Waals surface area contributed by atoms with E-state index < -0.39 is 12.0 Å². The summed E-state index contributed by atoms with van der Waals surface area (Å²) in [4.78, 5) is 15.0. The van der Waals surface area contributed by atoms with Crippen molar-refractivity contribution in [3.05, 3.63) is 17.7 Å². The van der Waals surface area contributed by atoms with Gasteiger partial charge in [-0.2, -0.15) is 0 Å². The van der Waals surface area contributed by atoms with E-state index in [1.54, 1.807) is 6.33 Å². The van der Waals surface area contributed by atoms with Gasteiger partial charge in [-0.15, -0.1) is 0 Å². The minimum Gasteiger partial charge on any atom is -0.480 e. The lowest BCUT2D eigenvalue weighted by atomic mass is 10.2. The number of aliphatic carboxylic acids is 1. The Bertz CT molecular complexity index is 346. The highest BCUT2D eigenvalue weighted by Crippen LogP contribution is 2.05. The van der Waals surface area contributed by atoms with Crippen molar-refractivity contribution in [2.45, 2.75) is 33.4 Å². The van der Waals surface area contributed by atoms with Crippen LogP contribution in [-0.4, -0.2) is 33.2 Å². The summed E-state index contributed by atoms with van der Waals surface area (Å²) in [6.07, 6.45) is 1.68. The number of aryl methyl sites for hydroxylation is 1. The van der Waals surface area contributed by atoms with Gasteiger partial charge in [0.05, 0.1) is 12.0 Å². The second-order valence-electron chi connectivity index (χ2n) is 3.52. The molecule has 0 spiro atoms. The highest BCUT2D eigenvalue weighted by Gasteiger charge is 2.17. The van der Waals surface area contributed by atoms with Gasteiger partial charge in [-0.05, 0) is 20.4 Å². The SMILES string of the molecule is CCNC(Cn1cnc(C)c1C)C(=O)O. The molecule has 0 radical (unpaired) electrons. The summed E-state index contributed by atoms with van der Waals surface area (Å²) in [6, 6.07) is -0.553. The fourth-order valence-corrected chi connectivity index (χ4v) is 1.40. The number of nitrogens with zero attached hydrogens (tertiary/aromatic N) is 2. The predicted octanol–water partition coefficient (Wildman–Crippen LogP) is 0.563. The number of likely N-dealkylation sites (N-methyl/N-ethyl adjacent to an activating group) is 1. The van der Waals surface area contributed by atoms with Crippen molar-refractivity contribution in [3.8, 4) is 0 Å². The Labute approximate surface area is 89.1 Å². The first-order valence-corrected chi connectivity index (χ1v) is 5.00. The summed E-state index contributed by atoms with van der Waals surface area (Å²) in [7, 11) is 0. The minimum atomic E-state index is -0.831. The number of imidazole rings is 1. The predicted molar refractivity (Wildman–Crippen MR) is 56.8 cm³/mol. The van der Waals surface area contributed by atoms with E-state index in [1.807, 2.05) is 25.3 Å². The molecule has 2 N–H and O–H groups in total. The molecule has 0 saturated carbocycles. The second-order valence-corrected chi connectivity index (χ2v) is 3.52. The van der Waals surface area contributed by atoms with Crippen LogP contribution in [0.15, 0.2) is 6.33 Å². The van der Waals surface area contributed by atoms with Gasteiger partial charge in [0.15, 0.2) is 0 Å². The fourth-order valence-electron chi connectivity index (χ4n) is 1.40. The van der Waals surface area contributed by atoms with Crippen LogP contribution in [0, 0.1) is 13.8 Å². The lowest BCUT2D eigenvalue weighted by molar-refractivity contribution is -0.139. The molecule has 1 unspecified atom stereocenters. The Morgan fingerprint density at radius 2 is 2.33 bits per heavy atom. The molecule has 0 amide bonds. The van der Waals surface area contributed by atoms with Crippen LogP contribution in [0.2, 0.25) is 0 Å². The number of hydrogen-bond donors (Lipinski definition) is 2. The van der Waals surface area contributed by atoms with Crippen molar-refractivity contribution in [2.24, 2.45) is 0 Å².